The number of rotatable bonds is 6. The highest BCUT2D eigenvalue weighted by Gasteiger charge is 2.26. The van der Waals surface area contributed by atoms with Crippen LogP contribution in [0.3, 0.4) is 0 Å². The third kappa shape index (κ3) is 3.41. The van der Waals surface area contributed by atoms with Gasteiger partial charge in [-0.3, -0.25) is 4.68 Å². The molecule has 114 valence electrons. The molecular formula is C16H29N3O. The maximum absolute atomic E-state index is 9.94. The summed E-state index contributed by atoms with van der Waals surface area (Å²) in [6.45, 7) is 9.38. The van der Waals surface area contributed by atoms with E-state index in [2.05, 4.69) is 42.5 Å². The Morgan fingerprint density at radius 3 is 2.70 bits per heavy atom. The molecule has 1 saturated carbocycles. The smallest absolute Gasteiger partial charge is 0.0641 e. The van der Waals surface area contributed by atoms with Crippen molar-refractivity contribution in [3.05, 3.63) is 17.0 Å². The molecular weight excluding hydrogens is 250 g/mol. The molecule has 2 unspecified atom stereocenters. The molecule has 4 nitrogen and oxygen atoms in total. The van der Waals surface area contributed by atoms with Crippen LogP contribution in [0.1, 0.15) is 49.6 Å². The van der Waals surface area contributed by atoms with Crippen molar-refractivity contribution in [2.24, 2.45) is 5.92 Å². The fraction of sp³-hybridized carbons (Fsp3) is 0.812. The first-order valence-corrected chi connectivity index (χ1v) is 7.92. The maximum Gasteiger partial charge on any atom is 0.0641 e. The molecule has 0 spiro atoms. The third-order valence-electron chi connectivity index (χ3n) is 4.56. The summed E-state index contributed by atoms with van der Waals surface area (Å²) in [4.78, 5) is 2.34. The predicted octanol–water partition coefficient (Wildman–Crippen LogP) is 2.50. The van der Waals surface area contributed by atoms with E-state index in [9.17, 15) is 5.11 Å². The molecule has 0 bridgehead atoms. The summed E-state index contributed by atoms with van der Waals surface area (Å²) >= 11 is 0. The van der Waals surface area contributed by atoms with Gasteiger partial charge in [0.05, 0.1) is 11.8 Å². The van der Waals surface area contributed by atoms with Crippen molar-refractivity contribution in [1.82, 2.24) is 14.7 Å². The van der Waals surface area contributed by atoms with Crippen LogP contribution in [0.2, 0.25) is 0 Å². The van der Waals surface area contributed by atoms with Crippen LogP contribution in [0.25, 0.3) is 0 Å². The minimum absolute atomic E-state index is 0.0949. The van der Waals surface area contributed by atoms with Crippen LogP contribution in [0.15, 0.2) is 0 Å². The van der Waals surface area contributed by atoms with Gasteiger partial charge in [-0.05, 0) is 46.1 Å². The Bertz CT molecular complexity index is 441. The molecule has 0 aliphatic heterocycles. The van der Waals surface area contributed by atoms with Gasteiger partial charge in [0.25, 0.3) is 0 Å². The summed E-state index contributed by atoms with van der Waals surface area (Å²) in [5, 5.41) is 14.6. The molecule has 1 fully saturated rings. The molecule has 1 N–H and O–H groups in total. The average molecular weight is 279 g/mol. The number of aliphatic hydroxyl groups is 1. The number of hydrogen-bond acceptors (Lipinski definition) is 3. The topological polar surface area (TPSA) is 41.3 Å². The van der Waals surface area contributed by atoms with E-state index < -0.39 is 0 Å². The number of nitrogens with zero attached hydrogens (tertiary/aromatic N) is 3. The van der Waals surface area contributed by atoms with Crippen molar-refractivity contribution in [3.8, 4) is 0 Å². The summed E-state index contributed by atoms with van der Waals surface area (Å²) in [7, 11) is 2.15. The minimum atomic E-state index is -0.0949. The molecule has 0 aromatic carbocycles. The van der Waals surface area contributed by atoms with E-state index in [0.717, 1.165) is 38.2 Å². The first-order chi connectivity index (χ1) is 9.52. The molecule has 1 heterocycles. The van der Waals surface area contributed by atoms with E-state index in [-0.39, 0.29) is 6.10 Å². The first kappa shape index (κ1) is 15.5. The number of aliphatic hydroxyl groups excluding tert-OH is 1. The monoisotopic (exact) mass is 279 g/mol. The standard InChI is InChI=1S/C16H29N3O/c1-5-9-19-13(3)15(12(2)17-19)11-18(4)10-14-7-6-8-16(14)20/h14,16,20H,5-11H2,1-4H3. The number of aryl methyl sites for hydroxylation is 2. The van der Waals surface area contributed by atoms with Gasteiger partial charge in [-0.1, -0.05) is 13.3 Å². The Morgan fingerprint density at radius 1 is 1.35 bits per heavy atom. The molecule has 0 radical (unpaired) electrons. The maximum atomic E-state index is 9.94. The molecule has 1 aliphatic carbocycles. The molecule has 2 atom stereocenters. The van der Waals surface area contributed by atoms with Crippen LogP contribution < -0.4 is 0 Å². The molecule has 1 aromatic rings. The lowest BCUT2D eigenvalue weighted by Crippen LogP contribution is -2.29. The summed E-state index contributed by atoms with van der Waals surface area (Å²) in [5.74, 6) is 0.450. The highest BCUT2D eigenvalue weighted by molar-refractivity contribution is 5.24. The Kier molecular flexibility index (Phi) is 5.22. The molecule has 0 amide bonds. The second kappa shape index (κ2) is 6.72. The van der Waals surface area contributed by atoms with Crippen LogP contribution in [0.4, 0.5) is 0 Å². The highest BCUT2D eigenvalue weighted by Crippen LogP contribution is 2.26. The summed E-state index contributed by atoms with van der Waals surface area (Å²) in [6, 6.07) is 0. The average Bonchev–Trinajstić information content (AvgIpc) is 2.90. The molecule has 4 heteroatoms. The van der Waals surface area contributed by atoms with Crippen LogP contribution in [0, 0.1) is 19.8 Å². The fourth-order valence-electron chi connectivity index (χ4n) is 3.36. The van der Waals surface area contributed by atoms with Gasteiger partial charge >= 0.3 is 0 Å². The lowest BCUT2D eigenvalue weighted by Gasteiger charge is -2.23. The van der Waals surface area contributed by atoms with Crippen molar-refractivity contribution < 1.29 is 5.11 Å². The van der Waals surface area contributed by atoms with Gasteiger partial charge in [0.2, 0.25) is 0 Å². The van der Waals surface area contributed by atoms with Crippen LogP contribution in [0.5, 0.6) is 0 Å². The second-order valence-electron chi connectivity index (χ2n) is 6.33. The van der Waals surface area contributed by atoms with Gasteiger partial charge in [0.15, 0.2) is 0 Å². The SMILES string of the molecule is CCCn1nc(C)c(CN(C)CC2CCCC2O)c1C. The minimum Gasteiger partial charge on any atom is -0.393 e. The zero-order chi connectivity index (χ0) is 14.7. The Balaban J connectivity index is 1.98. The number of hydrogen-bond donors (Lipinski definition) is 1. The van der Waals surface area contributed by atoms with Crippen molar-refractivity contribution in [2.75, 3.05) is 13.6 Å². The van der Waals surface area contributed by atoms with Crippen LogP contribution in [-0.4, -0.2) is 39.5 Å². The van der Waals surface area contributed by atoms with Crippen molar-refractivity contribution in [3.63, 3.8) is 0 Å². The van der Waals surface area contributed by atoms with E-state index in [4.69, 9.17) is 0 Å². The predicted molar refractivity (Wildman–Crippen MR) is 81.7 cm³/mol. The van der Waals surface area contributed by atoms with E-state index in [0.29, 0.717) is 5.92 Å². The normalized spacial score (nSPS) is 22.9. The Hall–Kier alpha value is -0.870. The van der Waals surface area contributed by atoms with Crippen molar-refractivity contribution in [2.45, 2.75) is 65.6 Å². The Morgan fingerprint density at radius 2 is 2.10 bits per heavy atom. The molecule has 1 aliphatic rings. The lowest BCUT2D eigenvalue weighted by atomic mass is 10.1. The lowest BCUT2D eigenvalue weighted by molar-refractivity contribution is 0.108. The van der Waals surface area contributed by atoms with Gasteiger partial charge in [0, 0.05) is 30.9 Å². The quantitative estimate of drug-likeness (QED) is 0.870. The molecule has 20 heavy (non-hydrogen) atoms. The Labute approximate surface area is 122 Å². The van der Waals surface area contributed by atoms with E-state index in [1.807, 2.05) is 0 Å². The highest BCUT2D eigenvalue weighted by atomic mass is 16.3. The van der Waals surface area contributed by atoms with Gasteiger partial charge in [-0.2, -0.15) is 5.10 Å². The van der Waals surface area contributed by atoms with Crippen LogP contribution in [-0.2, 0) is 13.1 Å². The third-order valence-corrected chi connectivity index (χ3v) is 4.56. The summed E-state index contributed by atoms with van der Waals surface area (Å²) < 4.78 is 2.13. The van der Waals surface area contributed by atoms with E-state index in [1.54, 1.807) is 0 Å². The second-order valence-corrected chi connectivity index (χ2v) is 6.33. The van der Waals surface area contributed by atoms with E-state index in [1.165, 1.54) is 24.1 Å². The molecule has 0 saturated heterocycles. The van der Waals surface area contributed by atoms with Gasteiger partial charge in [0.1, 0.15) is 0 Å². The number of aromatic nitrogens is 2. The van der Waals surface area contributed by atoms with E-state index >= 15 is 0 Å². The van der Waals surface area contributed by atoms with Crippen LogP contribution >= 0.6 is 0 Å². The fourth-order valence-corrected chi connectivity index (χ4v) is 3.36. The summed E-state index contributed by atoms with van der Waals surface area (Å²) in [6.07, 6.45) is 4.34. The zero-order valence-corrected chi connectivity index (χ0v) is 13.4. The van der Waals surface area contributed by atoms with Gasteiger partial charge < -0.3 is 10.0 Å². The van der Waals surface area contributed by atoms with Crippen molar-refractivity contribution >= 4 is 0 Å². The van der Waals surface area contributed by atoms with Crippen molar-refractivity contribution in [1.29, 1.82) is 0 Å². The molecule has 2 rings (SSSR count). The molecule has 1 aromatic heterocycles. The first-order valence-electron chi connectivity index (χ1n) is 7.92. The van der Waals surface area contributed by atoms with Gasteiger partial charge in [-0.15, -0.1) is 0 Å². The zero-order valence-electron chi connectivity index (χ0n) is 13.4. The van der Waals surface area contributed by atoms with Gasteiger partial charge in [-0.25, -0.2) is 0 Å². The largest absolute Gasteiger partial charge is 0.393 e. The summed E-state index contributed by atoms with van der Waals surface area (Å²) in [5.41, 5.74) is 3.80.